The molecular formula is C12H15N5O4S2. The first kappa shape index (κ1) is 17.5. The maximum Gasteiger partial charge on any atom is 0.322 e. The molecule has 0 aliphatic carbocycles. The fourth-order valence-electron chi connectivity index (χ4n) is 1.73. The van der Waals surface area contributed by atoms with Gasteiger partial charge >= 0.3 is 5.97 Å². The van der Waals surface area contributed by atoms with Gasteiger partial charge in [0.25, 0.3) is 0 Å². The molecule has 1 aliphatic rings. The van der Waals surface area contributed by atoms with Crippen LogP contribution in [-0.4, -0.2) is 36.3 Å². The van der Waals surface area contributed by atoms with Crippen LogP contribution in [0.15, 0.2) is 51.0 Å². The molecule has 0 spiro atoms. The number of hydrogen-bond acceptors (Lipinski definition) is 8. The van der Waals surface area contributed by atoms with Gasteiger partial charge in [0.05, 0.1) is 5.75 Å². The van der Waals surface area contributed by atoms with Gasteiger partial charge in [0.15, 0.2) is 0 Å². The fraction of sp³-hybridized carbons (Fsp3) is 0.417. The number of hydrogen-bond donors (Lipinski definition) is 2. The lowest BCUT2D eigenvalue weighted by Gasteiger charge is -2.18. The summed E-state index contributed by atoms with van der Waals surface area (Å²) in [7, 11) is -3.80. The molecule has 0 radical (unpaired) electrons. The first-order valence-corrected chi connectivity index (χ1v) is 9.18. The third kappa shape index (κ3) is 5.37. The number of carbonyl (C=O) groups is 1. The van der Waals surface area contributed by atoms with Crippen molar-refractivity contribution >= 4 is 27.8 Å². The van der Waals surface area contributed by atoms with E-state index in [0.717, 1.165) is 11.8 Å². The molecule has 1 aliphatic heterocycles. The smallest absolute Gasteiger partial charge is 0.322 e. The topological polar surface area (TPSA) is 133 Å². The molecule has 11 heteroatoms. The monoisotopic (exact) mass is 357 g/mol. The van der Waals surface area contributed by atoms with E-state index in [9.17, 15) is 18.3 Å². The van der Waals surface area contributed by atoms with Crippen molar-refractivity contribution in [3.63, 3.8) is 0 Å². The molecular weight excluding hydrogens is 342 g/mol. The Morgan fingerprint density at radius 2 is 1.91 bits per heavy atom. The van der Waals surface area contributed by atoms with Crippen LogP contribution in [0.2, 0.25) is 0 Å². The minimum Gasteiger partial charge on any atom is -0.480 e. The molecule has 0 bridgehead atoms. The van der Waals surface area contributed by atoms with Crippen molar-refractivity contribution in [2.75, 3.05) is 5.75 Å². The summed E-state index contributed by atoms with van der Waals surface area (Å²) in [6.45, 7) is 1.61. The van der Waals surface area contributed by atoms with E-state index in [1.54, 1.807) is 37.3 Å². The van der Waals surface area contributed by atoms with Gasteiger partial charge in [-0.3, -0.25) is 4.79 Å². The zero-order valence-electron chi connectivity index (χ0n) is 12.2. The van der Waals surface area contributed by atoms with Crippen LogP contribution in [0, 0.1) is 0 Å². The Morgan fingerprint density at radius 3 is 2.48 bits per heavy atom. The number of carboxylic acid groups (broad SMARTS) is 1. The number of rotatable bonds is 8. The van der Waals surface area contributed by atoms with Crippen molar-refractivity contribution < 1.29 is 18.3 Å². The summed E-state index contributed by atoms with van der Waals surface area (Å²) in [6.07, 6.45) is 0. The lowest BCUT2D eigenvalue weighted by molar-refractivity contribution is -0.138. The number of carboxylic acids is 1. The predicted octanol–water partition coefficient (Wildman–Crippen LogP) is 1.80. The van der Waals surface area contributed by atoms with E-state index >= 15 is 0 Å². The quantitative estimate of drug-likeness (QED) is 0.732. The van der Waals surface area contributed by atoms with Crippen LogP contribution in [0.4, 0.5) is 0 Å². The van der Waals surface area contributed by atoms with Crippen molar-refractivity contribution in [1.29, 1.82) is 0 Å². The second-order valence-electron chi connectivity index (χ2n) is 4.88. The highest BCUT2D eigenvalue weighted by Crippen LogP contribution is 2.32. The molecule has 1 atom stereocenters. The van der Waals surface area contributed by atoms with Gasteiger partial charge in [0.1, 0.15) is 6.04 Å². The van der Waals surface area contributed by atoms with Gasteiger partial charge in [-0.05, 0) is 22.9 Å². The van der Waals surface area contributed by atoms with Gasteiger partial charge < -0.3 is 5.11 Å². The zero-order valence-corrected chi connectivity index (χ0v) is 13.8. The highest BCUT2D eigenvalue weighted by Gasteiger charge is 2.32. The van der Waals surface area contributed by atoms with Crippen molar-refractivity contribution in [2.45, 2.75) is 23.7 Å². The Morgan fingerprint density at radius 1 is 1.30 bits per heavy atom. The summed E-state index contributed by atoms with van der Waals surface area (Å²) in [4.78, 5) is 10.3. The van der Waals surface area contributed by atoms with Crippen LogP contribution in [-0.2, 0) is 20.6 Å². The fourth-order valence-corrected chi connectivity index (χ4v) is 4.07. The summed E-state index contributed by atoms with van der Waals surface area (Å²) in [5.41, 5.74) is 0.571. The van der Waals surface area contributed by atoms with Gasteiger partial charge in [-0.25, -0.2) is 8.42 Å². The summed E-state index contributed by atoms with van der Waals surface area (Å²) in [5.74, 6) is -1.62. The molecule has 0 unspecified atom stereocenters. The standard InChI is InChI=1S/C12H15N5O4S2/c1-12(14-16-17-15-12)22-7-10(11(18)19)13-23(20,21)8-9-5-3-2-4-6-9/h2-6,10,13H,7-8H2,1H3,(H,18,19)/t10-/m0/s1. The minimum atomic E-state index is -3.80. The number of aliphatic carboxylic acids is 1. The molecule has 124 valence electrons. The van der Waals surface area contributed by atoms with E-state index < -0.39 is 27.0 Å². The van der Waals surface area contributed by atoms with E-state index in [0.29, 0.717) is 5.56 Å². The summed E-state index contributed by atoms with van der Waals surface area (Å²) in [5, 5.41) is 23.4. The average molecular weight is 357 g/mol. The third-order valence-corrected chi connectivity index (χ3v) is 5.41. The van der Waals surface area contributed by atoms with Crippen molar-refractivity contribution in [3.05, 3.63) is 35.9 Å². The predicted molar refractivity (Wildman–Crippen MR) is 84.2 cm³/mol. The van der Waals surface area contributed by atoms with E-state index in [1.807, 2.05) is 0 Å². The van der Waals surface area contributed by atoms with Gasteiger partial charge in [-0.1, -0.05) is 30.3 Å². The highest BCUT2D eigenvalue weighted by atomic mass is 32.2. The lowest BCUT2D eigenvalue weighted by Crippen LogP contribution is -2.43. The number of nitrogens with zero attached hydrogens (tertiary/aromatic N) is 4. The second kappa shape index (κ2) is 7.15. The number of nitrogens with one attached hydrogen (secondary N) is 1. The molecule has 1 aromatic rings. The van der Waals surface area contributed by atoms with E-state index in [4.69, 9.17) is 0 Å². The SMILES string of the molecule is CC1(SC[C@H](NS(=O)(=O)Cc2ccccc2)C(=O)O)N=NN=N1. The highest BCUT2D eigenvalue weighted by molar-refractivity contribution is 8.00. The minimum absolute atomic E-state index is 0.0576. The maximum atomic E-state index is 12.1. The first-order valence-electron chi connectivity index (χ1n) is 6.54. The van der Waals surface area contributed by atoms with E-state index in [2.05, 4.69) is 25.4 Å². The van der Waals surface area contributed by atoms with Gasteiger partial charge in [0.2, 0.25) is 15.0 Å². The molecule has 2 rings (SSSR count). The largest absolute Gasteiger partial charge is 0.480 e. The summed E-state index contributed by atoms with van der Waals surface area (Å²) in [6, 6.07) is 7.22. The van der Waals surface area contributed by atoms with Crippen LogP contribution in [0.3, 0.4) is 0 Å². The summed E-state index contributed by atoms with van der Waals surface area (Å²) >= 11 is 1.04. The van der Waals surface area contributed by atoms with Crippen molar-refractivity contribution in [1.82, 2.24) is 4.72 Å². The third-order valence-electron chi connectivity index (χ3n) is 2.84. The van der Waals surface area contributed by atoms with Crippen LogP contribution < -0.4 is 4.72 Å². The molecule has 1 aromatic carbocycles. The Bertz CT molecular complexity index is 708. The number of sulfonamides is 1. The molecule has 0 saturated heterocycles. The van der Waals surface area contributed by atoms with Crippen LogP contribution in [0.5, 0.6) is 0 Å². The van der Waals surface area contributed by atoms with E-state index in [1.165, 1.54) is 0 Å². The van der Waals surface area contributed by atoms with E-state index in [-0.39, 0.29) is 11.5 Å². The Hall–Kier alpha value is -1.85. The molecule has 0 aromatic heterocycles. The maximum absolute atomic E-state index is 12.1. The Kier molecular flexibility index (Phi) is 5.44. The molecule has 0 amide bonds. The number of benzene rings is 1. The Balaban J connectivity index is 1.99. The normalized spacial score (nSPS) is 17.3. The summed E-state index contributed by atoms with van der Waals surface area (Å²) < 4.78 is 26.4. The Labute approximate surface area is 137 Å². The van der Waals surface area contributed by atoms with Gasteiger partial charge in [-0.2, -0.15) is 4.72 Å². The molecule has 9 nitrogen and oxygen atoms in total. The zero-order chi connectivity index (χ0) is 16.9. The van der Waals surface area contributed by atoms with Crippen LogP contribution in [0.25, 0.3) is 0 Å². The van der Waals surface area contributed by atoms with Gasteiger partial charge in [-0.15, -0.1) is 22.0 Å². The average Bonchev–Trinajstić information content (AvgIpc) is 2.91. The van der Waals surface area contributed by atoms with Crippen molar-refractivity contribution in [2.24, 2.45) is 20.7 Å². The molecule has 0 fully saturated rings. The molecule has 1 heterocycles. The van der Waals surface area contributed by atoms with Crippen molar-refractivity contribution in [3.8, 4) is 0 Å². The van der Waals surface area contributed by atoms with Crippen LogP contribution in [0.1, 0.15) is 12.5 Å². The van der Waals surface area contributed by atoms with Crippen LogP contribution >= 0.6 is 11.8 Å². The molecule has 23 heavy (non-hydrogen) atoms. The molecule has 0 saturated carbocycles. The second-order valence-corrected chi connectivity index (χ2v) is 8.03. The number of thioether (sulfide) groups is 1. The van der Waals surface area contributed by atoms with Gasteiger partial charge in [0, 0.05) is 5.75 Å². The molecule has 2 N–H and O–H groups in total. The first-order chi connectivity index (χ1) is 10.8. The lowest BCUT2D eigenvalue weighted by atomic mass is 10.2.